The van der Waals surface area contributed by atoms with Crippen molar-refractivity contribution in [2.75, 3.05) is 0 Å². The van der Waals surface area contributed by atoms with Crippen LogP contribution in [0.3, 0.4) is 0 Å². The summed E-state index contributed by atoms with van der Waals surface area (Å²) >= 11 is 0. The molecule has 2 rings (SSSR count). The molecule has 1 amide bonds. The lowest BCUT2D eigenvalue weighted by molar-refractivity contribution is -0.152. The van der Waals surface area contributed by atoms with Gasteiger partial charge in [-0.3, -0.25) is 4.79 Å². The van der Waals surface area contributed by atoms with Crippen molar-refractivity contribution in [2.24, 2.45) is 5.92 Å². The first-order valence-corrected chi connectivity index (χ1v) is 7.26. The third-order valence-electron chi connectivity index (χ3n) is 4.28. The molecule has 4 atom stereocenters. The van der Waals surface area contributed by atoms with Crippen LogP contribution in [0.4, 0.5) is 0 Å². The highest BCUT2D eigenvalue weighted by Gasteiger charge is 2.35. The average molecular weight is 269 g/mol. The van der Waals surface area contributed by atoms with Crippen molar-refractivity contribution in [2.45, 2.75) is 70.1 Å². The molecule has 1 aliphatic heterocycles. The molecule has 0 radical (unpaired) electrons. The number of amides is 1. The molecule has 2 fully saturated rings. The Labute approximate surface area is 113 Å². The molecule has 5 nitrogen and oxygen atoms in total. The second-order valence-electron chi connectivity index (χ2n) is 5.76. The maximum absolute atomic E-state index is 12.1. The molecule has 2 unspecified atom stereocenters. The van der Waals surface area contributed by atoms with Crippen molar-refractivity contribution < 1.29 is 19.4 Å². The molecule has 0 aromatic heterocycles. The van der Waals surface area contributed by atoms with E-state index >= 15 is 0 Å². The number of aliphatic carboxylic acids is 1. The molecule has 0 aromatic rings. The van der Waals surface area contributed by atoms with Crippen LogP contribution in [0.5, 0.6) is 0 Å². The second-order valence-corrected chi connectivity index (χ2v) is 5.76. The fraction of sp³-hybridized carbons (Fsp3) is 0.857. The number of hydrogen-bond donors (Lipinski definition) is 2. The molecular weight excluding hydrogens is 246 g/mol. The van der Waals surface area contributed by atoms with Crippen molar-refractivity contribution in [3.8, 4) is 0 Å². The van der Waals surface area contributed by atoms with Gasteiger partial charge in [0, 0.05) is 6.04 Å². The van der Waals surface area contributed by atoms with Gasteiger partial charge in [0.05, 0.1) is 0 Å². The highest BCUT2D eigenvalue weighted by Crippen LogP contribution is 2.24. The van der Waals surface area contributed by atoms with Gasteiger partial charge < -0.3 is 15.2 Å². The van der Waals surface area contributed by atoms with Crippen LogP contribution in [-0.2, 0) is 14.3 Å². The van der Waals surface area contributed by atoms with E-state index in [1.807, 2.05) is 0 Å². The Hall–Kier alpha value is -1.10. The Morgan fingerprint density at radius 1 is 1.05 bits per heavy atom. The van der Waals surface area contributed by atoms with E-state index in [0.717, 1.165) is 19.3 Å². The molecule has 1 saturated heterocycles. The zero-order chi connectivity index (χ0) is 13.8. The minimum absolute atomic E-state index is 0.137. The van der Waals surface area contributed by atoms with E-state index in [9.17, 15) is 9.59 Å². The van der Waals surface area contributed by atoms with Gasteiger partial charge in [-0.05, 0) is 31.6 Å². The quantitative estimate of drug-likeness (QED) is 0.765. The summed E-state index contributed by atoms with van der Waals surface area (Å²) in [7, 11) is 0. The first kappa shape index (κ1) is 14.3. The van der Waals surface area contributed by atoms with Crippen LogP contribution in [0, 0.1) is 5.92 Å². The molecule has 108 valence electrons. The van der Waals surface area contributed by atoms with E-state index in [1.165, 1.54) is 12.8 Å². The van der Waals surface area contributed by atoms with Crippen LogP contribution >= 0.6 is 0 Å². The molecule has 2 aliphatic rings. The van der Waals surface area contributed by atoms with Crippen molar-refractivity contribution in [1.82, 2.24) is 5.32 Å². The number of carboxylic acid groups (broad SMARTS) is 1. The van der Waals surface area contributed by atoms with Crippen molar-refractivity contribution >= 4 is 11.9 Å². The standard InChI is InChI=1S/C14H23NO4/c1-9-5-3-2-4-6-10(9)15-13(16)11-7-8-12(19-11)14(17)18/h9-12H,2-8H2,1H3,(H,15,16)(H,17,18)/t9?,10?,11-,12+/m0/s1. The normalized spacial score (nSPS) is 35.6. The predicted octanol–water partition coefficient (Wildman–Crippen LogP) is 1.70. The molecule has 19 heavy (non-hydrogen) atoms. The Morgan fingerprint density at radius 2 is 1.74 bits per heavy atom. The van der Waals surface area contributed by atoms with Crippen LogP contribution in [0.1, 0.15) is 51.9 Å². The Morgan fingerprint density at radius 3 is 2.42 bits per heavy atom. The topological polar surface area (TPSA) is 75.6 Å². The van der Waals surface area contributed by atoms with Gasteiger partial charge in [0.1, 0.15) is 6.10 Å². The summed E-state index contributed by atoms with van der Waals surface area (Å²) in [6, 6.07) is 0.211. The molecule has 1 aliphatic carbocycles. The van der Waals surface area contributed by atoms with Crippen molar-refractivity contribution in [3.63, 3.8) is 0 Å². The fourth-order valence-corrected chi connectivity index (χ4v) is 2.99. The molecule has 0 bridgehead atoms. The van der Waals surface area contributed by atoms with E-state index in [2.05, 4.69) is 12.2 Å². The summed E-state index contributed by atoms with van der Waals surface area (Å²) in [4.78, 5) is 22.9. The van der Waals surface area contributed by atoms with Crippen LogP contribution in [-0.4, -0.2) is 35.2 Å². The summed E-state index contributed by atoms with van der Waals surface area (Å²) in [5.74, 6) is -0.622. The first-order valence-electron chi connectivity index (χ1n) is 7.26. The Balaban J connectivity index is 1.85. The molecule has 1 saturated carbocycles. The largest absolute Gasteiger partial charge is 0.479 e. The van der Waals surface area contributed by atoms with E-state index in [0.29, 0.717) is 18.8 Å². The molecule has 1 heterocycles. The first-order chi connectivity index (χ1) is 9.08. The highest BCUT2D eigenvalue weighted by atomic mass is 16.5. The zero-order valence-corrected chi connectivity index (χ0v) is 11.4. The smallest absolute Gasteiger partial charge is 0.332 e. The van der Waals surface area contributed by atoms with E-state index < -0.39 is 18.2 Å². The molecular formula is C14H23NO4. The van der Waals surface area contributed by atoms with Crippen LogP contribution in [0.25, 0.3) is 0 Å². The van der Waals surface area contributed by atoms with Gasteiger partial charge >= 0.3 is 5.97 Å². The highest BCUT2D eigenvalue weighted by molar-refractivity contribution is 5.82. The van der Waals surface area contributed by atoms with Gasteiger partial charge in [-0.15, -0.1) is 0 Å². The van der Waals surface area contributed by atoms with E-state index in [-0.39, 0.29) is 11.9 Å². The lowest BCUT2D eigenvalue weighted by atomic mass is 9.96. The molecule has 2 N–H and O–H groups in total. The lowest BCUT2D eigenvalue weighted by Crippen LogP contribution is -2.44. The number of rotatable bonds is 3. The second kappa shape index (κ2) is 6.37. The van der Waals surface area contributed by atoms with Crippen LogP contribution in [0.15, 0.2) is 0 Å². The predicted molar refractivity (Wildman–Crippen MR) is 69.7 cm³/mol. The third kappa shape index (κ3) is 3.69. The summed E-state index contributed by atoms with van der Waals surface area (Å²) in [6.45, 7) is 2.17. The van der Waals surface area contributed by atoms with Crippen molar-refractivity contribution in [3.05, 3.63) is 0 Å². The van der Waals surface area contributed by atoms with E-state index in [1.54, 1.807) is 0 Å². The molecule has 0 aromatic carbocycles. The number of carboxylic acids is 1. The monoisotopic (exact) mass is 269 g/mol. The minimum Gasteiger partial charge on any atom is -0.479 e. The Kier molecular flexibility index (Phi) is 4.80. The minimum atomic E-state index is -0.974. The lowest BCUT2D eigenvalue weighted by Gasteiger charge is -2.24. The zero-order valence-electron chi connectivity index (χ0n) is 11.4. The van der Waals surface area contributed by atoms with Gasteiger partial charge in [0.25, 0.3) is 0 Å². The van der Waals surface area contributed by atoms with Gasteiger partial charge in [-0.25, -0.2) is 4.79 Å². The maximum atomic E-state index is 12.1. The van der Waals surface area contributed by atoms with Crippen LogP contribution < -0.4 is 5.32 Å². The average Bonchev–Trinajstić information content (AvgIpc) is 2.78. The summed E-state index contributed by atoms with van der Waals surface area (Å²) in [5, 5.41) is 11.9. The van der Waals surface area contributed by atoms with Gasteiger partial charge in [-0.1, -0.05) is 26.2 Å². The van der Waals surface area contributed by atoms with Crippen LogP contribution in [0.2, 0.25) is 0 Å². The van der Waals surface area contributed by atoms with Gasteiger partial charge in [0.2, 0.25) is 5.91 Å². The number of ether oxygens (including phenoxy) is 1. The van der Waals surface area contributed by atoms with Gasteiger partial charge in [0.15, 0.2) is 6.10 Å². The summed E-state index contributed by atoms with van der Waals surface area (Å²) < 4.78 is 5.28. The maximum Gasteiger partial charge on any atom is 0.332 e. The Bertz CT molecular complexity index is 344. The third-order valence-corrected chi connectivity index (χ3v) is 4.28. The summed E-state index contributed by atoms with van der Waals surface area (Å²) in [5.41, 5.74) is 0. The van der Waals surface area contributed by atoms with Crippen molar-refractivity contribution in [1.29, 1.82) is 0 Å². The SMILES string of the molecule is CC1CCCCCC1NC(=O)[C@@H]1CC[C@H](C(=O)O)O1. The number of hydrogen-bond acceptors (Lipinski definition) is 3. The molecule has 5 heteroatoms. The summed E-state index contributed by atoms with van der Waals surface area (Å²) in [6.07, 6.45) is 5.30. The number of nitrogens with one attached hydrogen (secondary N) is 1. The molecule has 0 spiro atoms. The number of carbonyl (C=O) groups is 2. The fourth-order valence-electron chi connectivity index (χ4n) is 2.99. The van der Waals surface area contributed by atoms with Gasteiger partial charge in [-0.2, -0.15) is 0 Å². The number of carbonyl (C=O) groups excluding carboxylic acids is 1. The van der Waals surface area contributed by atoms with E-state index in [4.69, 9.17) is 9.84 Å².